The predicted molar refractivity (Wildman–Crippen MR) is 128 cm³/mol. The number of methoxy groups -OCH3 is 2. The third-order valence-corrected chi connectivity index (χ3v) is 5.48. The molecule has 0 radical (unpaired) electrons. The number of urea groups is 1. The molecule has 4 aromatic rings. The lowest BCUT2D eigenvalue weighted by Crippen LogP contribution is -2.32. The molecule has 0 aliphatic heterocycles. The number of fused-ring (bicyclic) bond motifs is 1. The predicted octanol–water partition coefficient (Wildman–Crippen LogP) is 5.56. The van der Waals surface area contributed by atoms with E-state index in [9.17, 15) is 18.0 Å². The first-order chi connectivity index (χ1) is 17.8. The lowest BCUT2D eigenvalue weighted by Gasteiger charge is -2.21. The standard InChI is InChI=1S/C24H22F3N5O5/c1-24(11-25,22(26)27)19-10-20(32-37-19)31-23(33)30-13-5-4-6-14(7-13)36-21-15-8-17(34-2)18(35-3)9-16(15)28-12-29-21/h4-10,12,22H,11H2,1-3H3,(H2,30,31,32,33). The maximum atomic E-state index is 13.2. The van der Waals surface area contributed by atoms with Gasteiger partial charge < -0.3 is 24.1 Å². The molecule has 194 valence electrons. The quantitative estimate of drug-likeness (QED) is 0.296. The lowest BCUT2D eigenvalue weighted by atomic mass is 9.90. The van der Waals surface area contributed by atoms with E-state index in [1.165, 1.54) is 20.5 Å². The van der Waals surface area contributed by atoms with E-state index in [-0.39, 0.29) is 17.5 Å². The number of rotatable bonds is 9. The van der Waals surface area contributed by atoms with Gasteiger partial charge in [-0.25, -0.2) is 27.9 Å². The Morgan fingerprint density at radius 1 is 1.08 bits per heavy atom. The number of ether oxygens (including phenoxy) is 3. The van der Waals surface area contributed by atoms with Crippen molar-refractivity contribution < 1.29 is 36.7 Å². The van der Waals surface area contributed by atoms with Crippen molar-refractivity contribution in [3.63, 3.8) is 0 Å². The fourth-order valence-corrected chi connectivity index (χ4v) is 3.30. The summed E-state index contributed by atoms with van der Waals surface area (Å²) < 4.78 is 61.0. The molecule has 2 N–H and O–H groups in total. The molecule has 2 aromatic carbocycles. The molecule has 0 saturated carbocycles. The van der Waals surface area contributed by atoms with E-state index >= 15 is 0 Å². The van der Waals surface area contributed by atoms with E-state index in [2.05, 4.69) is 25.8 Å². The Hall–Kier alpha value is -4.55. The number of anilines is 2. The normalized spacial score (nSPS) is 12.7. The number of nitrogens with zero attached hydrogens (tertiary/aromatic N) is 3. The minimum atomic E-state index is -3.02. The zero-order valence-corrected chi connectivity index (χ0v) is 19.9. The number of amides is 2. The van der Waals surface area contributed by atoms with E-state index in [0.717, 1.165) is 13.0 Å². The minimum absolute atomic E-state index is 0.155. The van der Waals surface area contributed by atoms with Gasteiger partial charge in [-0.05, 0) is 25.1 Å². The van der Waals surface area contributed by atoms with E-state index in [4.69, 9.17) is 18.7 Å². The zero-order chi connectivity index (χ0) is 26.6. The van der Waals surface area contributed by atoms with Crippen LogP contribution < -0.4 is 24.8 Å². The highest BCUT2D eigenvalue weighted by molar-refractivity contribution is 5.99. The summed E-state index contributed by atoms with van der Waals surface area (Å²) in [5.74, 6) is 1.03. The van der Waals surface area contributed by atoms with Gasteiger partial charge in [0.05, 0.1) is 25.1 Å². The lowest BCUT2D eigenvalue weighted by molar-refractivity contribution is 0.0281. The summed E-state index contributed by atoms with van der Waals surface area (Å²) in [6, 6.07) is 10.1. The maximum Gasteiger partial charge on any atom is 0.324 e. The Kier molecular flexibility index (Phi) is 7.32. The van der Waals surface area contributed by atoms with Gasteiger partial charge in [0.25, 0.3) is 6.43 Å². The molecule has 1 atom stereocenters. The van der Waals surface area contributed by atoms with Crippen LogP contribution in [0, 0.1) is 0 Å². The largest absolute Gasteiger partial charge is 0.493 e. The summed E-state index contributed by atoms with van der Waals surface area (Å²) in [6.07, 6.45) is -1.68. The van der Waals surface area contributed by atoms with Gasteiger partial charge in [0.15, 0.2) is 23.1 Å². The first kappa shape index (κ1) is 25.5. The highest BCUT2D eigenvalue weighted by Crippen LogP contribution is 2.36. The number of carbonyl (C=O) groups excluding carboxylic acids is 1. The fourth-order valence-electron chi connectivity index (χ4n) is 3.30. The summed E-state index contributed by atoms with van der Waals surface area (Å²) in [4.78, 5) is 20.8. The third kappa shape index (κ3) is 5.34. The minimum Gasteiger partial charge on any atom is -0.493 e. The zero-order valence-electron chi connectivity index (χ0n) is 19.9. The molecule has 2 heterocycles. The average Bonchev–Trinajstić information content (AvgIpc) is 3.36. The number of hydrogen-bond donors (Lipinski definition) is 2. The molecule has 1 unspecified atom stereocenters. The van der Waals surface area contributed by atoms with Crippen molar-refractivity contribution in [1.82, 2.24) is 15.1 Å². The SMILES string of the molecule is COc1cc2ncnc(Oc3cccc(NC(=O)Nc4cc(C(C)(CF)C(F)F)on4)c3)c2cc1OC. The van der Waals surface area contributed by atoms with Gasteiger partial charge in [0.2, 0.25) is 5.88 Å². The summed E-state index contributed by atoms with van der Waals surface area (Å²) >= 11 is 0. The van der Waals surface area contributed by atoms with Crippen LogP contribution in [0.5, 0.6) is 23.1 Å². The molecule has 0 fully saturated rings. The van der Waals surface area contributed by atoms with Crippen LogP contribution in [0.1, 0.15) is 12.7 Å². The van der Waals surface area contributed by atoms with Crippen molar-refractivity contribution in [2.45, 2.75) is 18.8 Å². The number of aromatic nitrogens is 3. The molecule has 0 saturated heterocycles. The molecule has 10 nitrogen and oxygen atoms in total. The first-order valence-electron chi connectivity index (χ1n) is 10.8. The van der Waals surface area contributed by atoms with E-state index in [1.807, 2.05) is 0 Å². The van der Waals surface area contributed by atoms with Crippen molar-refractivity contribution in [2.75, 3.05) is 31.5 Å². The van der Waals surface area contributed by atoms with Crippen LogP contribution in [0.4, 0.5) is 29.5 Å². The van der Waals surface area contributed by atoms with Crippen LogP contribution in [0.3, 0.4) is 0 Å². The maximum absolute atomic E-state index is 13.2. The smallest absolute Gasteiger partial charge is 0.324 e. The summed E-state index contributed by atoms with van der Waals surface area (Å²) in [6.45, 7) is -0.360. The van der Waals surface area contributed by atoms with Gasteiger partial charge in [-0.2, -0.15) is 0 Å². The second-order valence-electron chi connectivity index (χ2n) is 8.04. The Morgan fingerprint density at radius 3 is 2.54 bits per heavy atom. The fraction of sp³-hybridized carbons (Fsp3) is 0.250. The van der Waals surface area contributed by atoms with Crippen LogP contribution in [0.15, 0.2) is 53.3 Å². The van der Waals surface area contributed by atoms with Gasteiger partial charge >= 0.3 is 6.03 Å². The van der Waals surface area contributed by atoms with Gasteiger partial charge in [0.1, 0.15) is 24.2 Å². The van der Waals surface area contributed by atoms with Crippen molar-refractivity contribution in [2.24, 2.45) is 0 Å². The highest BCUT2D eigenvalue weighted by atomic mass is 19.3. The molecule has 2 amide bonds. The molecule has 4 rings (SSSR count). The molecular weight excluding hydrogens is 495 g/mol. The Balaban J connectivity index is 1.48. The number of benzene rings is 2. The van der Waals surface area contributed by atoms with Crippen molar-refractivity contribution >= 4 is 28.4 Å². The summed E-state index contributed by atoms with van der Waals surface area (Å²) in [7, 11) is 3.02. The van der Waals surface area contributed by atoms with Crippen LogP contribution in [0.25, 0.3) is 10.9 Å². The third-order valence-electron chi connectivity index (χ3n) is 5.48. The molecule has 0 spiro atoms. The highest BCUT2D eigenvalue weighted by Gasteiger charge is 2.41. The van der Waals surface area contributed by atoms with Crippen molar-refractivity contribution in [3.8, 4) is 23.1 Å². The molecule has 2 aromatic heterocycles. The van der Waals surface area contributed by atoms with Crippen LogP contribution >= 0.6 is 0 Å². The van der Waals surface area contributed by atoms with E-state index in [0.29, 0.717) is 33.8 Å². The van der Waals surface area contributed by atoms with Gasteiger partial charge in [-0.15, -0.1) is 0 Å². The Labute approximate surface area is 208 Å². The first-order valence-corrected chi connectivity index (χ1v) is 10.8. The monoisotopic (exact) mass is 517 g/mol. The molecule has 0 aliphatic carbocycles. The van der Waals surface area contributed by atoms with Gasteiger partial charge in [-0.3, -0.25) is 5.32 Å². The number of hydrogen-bond acceptors (Lipinski definition) is 8. The number of halogens is 3. The van der Waals surface area contributed by atoms with Crippen LogP contribution in [-0.2, 0) is 5.41 Å². The van der Waals surface area contributed by atoms with Crippen molar-refractivity contribution in [1.29, 1.82) is 0 Å². The number of carbonyl (C=O) groups is 1. The second-order valence-corrected chi connectivity index (χ2v) is 8.04. The second kappa shape index (κ2) is 10.6. The molecule has 0 bridgehead atoms. The Bertz CT molecular complexity index is 1420. The summed E-state index contributed by atoms with van der Waals surface area (Å²) in [5.41, 5.74) is -1.26. The Morgan fingerprint density at radius 2 is 1.84 bits per heavy atom. The number of alkyl halides is 3. The van der Waals surface area contributed by atoms with Crippen molar-refractivity contribution in [3.05, 3.63) is 54.6 Å². The van der Waals surface area contributed by atoms with Gasteiger partial charge in [0, 0.05) is 23.9 Å². The van der Waals surface area contributed by atoms with Crippen LogP contribution in [0.2, 0.25) is 0 Å². The topological polar surface area (TPSA) is 121 Å². The molecule has 0 aliphatic rings. The molecule has 37 heavy (non-hydrogen) atoms. The van der Waals surface area contributed by atoms with E-state index in [1.54, 1.807) is 36.4 Å². The van der Waals surface area contributed by atoms with Gasteiger partial charge in [-0.1, -0.05) is 11.2 Å². The molecular formula is C24H22F3N5O5. The summed E-state index contributed by atoms with van der Waals surface area (Å²) in [5, 5.41) is 9.01. The molecule has 13 heteroatoms. The average molecular weight is 517 g/mol. The van der Waals surface area contributed by atoms with Crippen LogP contribution in [-0.4, -0.2) is 48.5 Å². The van der Waals surface area contributed by atoms with E-state index < -0.39 is 24.5 Å². The number of nitrogens with one attached hydrogen (secondary N) is 2.